The van der Waals surface area contributed by atoms with E-state index in [1.165, 1.54) is 0 Å². The summed E-state index contributed by atoms with van der Waals surface area (Å²) in [4.78, 5) is 25.4. The molecule has 0 bridgehead atoms. The first-order valence-electron chi connectivity index (χ1n) is 8.80. The topological polar surface area (TPSA) is 64.6 Å². The Bertz CT molecular complexity index is 1160. The molecule has 1 aliphatic heterocycles. The molecule has 0 radical (unpaired) electrons. The van der Waals surface area contributed by atoms with Crippen molar-refractivity contribution in [3.63, 3.8) is 0 Å². The minimum Gasteiger partial charge on any atom is -0.486 e. The van der Waals surface area contributed by atoms with Crippen molar-refractivity contribution >= 4 is 29.0 Å². The van der Waals surface area contributed by atoms with Crippen LogP contribution in [0.2, 0.25) is 5.02 Å². The van der Waals surface area contributed by atoms with Crippen molar-refractivity contribution in [2.45, 2.75) is 0 Å². The number of carbonyl (C=O) groups excluding carboxylic acids is 2. The number of ketones is 1. The molecule has 0 aromatic heterocycles. The average Bonchev–Trinajstić information content (AvgIpc) is 3.01. The summed E-state index contributed by atoms with van der Waals surface area (Å²) in [6.45, 7) is 0.899. The van der Waals surface area contributed by atoms with Crippen molar-refractivity contribution in [2.75, 3.05) is 18.5 Å². The van der Waals surface area contributed by atoms with Gasteiger partial charge in [-0.25, -0.2) is 0 Å². The Morgan fingerprint density at radius 2 is 1.54 bits per heavy atom. The summed E-state index contributed by atoms with van der Waals surface area (Å²) in [6, 6.07) is 15.8. The number of hydrogen-bond acceptors (Lipinski definition) is 4. The highest BCUT2D eigenvalue weighted by Gasteiger charge is 2.27. The predicted molar refractivity (Wildman–Crippen MR) is 106 cm³/mol. The maximum atomic E-state index is 12.8. The van der Waals surface area contributed by atoms with Crippen LogP contribution in [-0.4, -0.2) is 24.9 Å². The van der Waals surface area contributed by atoms with Gasteiger partial charge in [0, 0.05) is 28.8 Å². The Kier molecular flexibility index (Phi) is 3.84. The van der Waals surface area contributed by atoms with E-state index < -0.39 is 0 Å². The Balaban J connectivity index is 1.45. The van der Waals surface area contributed by atoms with Gasteiger partial charge in [0.25, 0.3) is 5.91 Å². The summed E-state index contributed by atoms with van der Waals surface area (Å²) in [6.07, 6.45) is 0. The van der Waals surface area contributed by atoms with E-state index in [9.17, 15) is 9.59 Å². The second-order valence-corrected chi connectivity index (χ2v) is 6.97. The lowest BCUT2D eigenvalue weighted by atomic mass is 10.0. The van der Waals surface area contributed by atoms with E-state index in [0.717, 1.165) is 11.1 Å². The molecule has 0 unspecified atom stereocenters. The molecule has 3 aromatic carbocycles. The highest BCUT2D eigenvalue weighted by atomic mass is 35.5. The zero-order chi connectivity index (χ0) is 19.3. The third-order valence-corrected chi connectivity index (χ3v) is 5.18. The van der Waals surface area contributed by atoms with Crippen LogP contribution in [0.5, 0.6) is 11.5 Å². The van der Waals surface area contributed by atoms with Gasteiger partial charge in [-0.2, -0.15) is 0 Å². The smallest absolute Gasteiger partial charge is 0.255 e. The quantitative estimate of drug-likeness (QED) is 0.543. The van der Waals surface area contributed by atoms with Gasteiger partial charge >= 0.3 is 0 Å². The molecule has 0 fully saturated rings. The van der Waals surface area contributed by atoms with Gasteiger partial charge in [0.2, 0.25) is 0 Å². The normalized spacial score (nSPS) is 13.7. The van der Waals surface area contributed by atoms with E-state index in [4.69, 9.17) is 21.1 Å². The third-order valence-electron chi connectivity index (χ3n) is 4.87. The second-order valence-electron chi connectivity index (χ2n) is 6.56. The highest BCUT2D eigenvalue weighted by molar-refractivity contribution is 6.34. The van der Waals surface area contributed by atoms with Gasteiger partial charge in [-0.1, -0.05) is 41.9 Å². The molecular weight excluding hydrogens is 378 g/mol. The van der Waals surface area contributed by atoms with Crippen LogP contribution in [0, 0.1) is 0 Å². The fourth-order valence-corrected chi connectivity index (χ4v) is 3.72. The van der Waals surface area contributed by atoms with E-state index in [1.54, 1.807) is 36.4 Å². The van der Waals surface area contributed by atoms with Crippen LogP contribution in [0.4, 0.5) is 5.69 Å². The van der Waals surface area contributed by atoms with Crippen molar-refractivity contribution in [3.05, 3.63) is 76.3 Å². The first-order chi connectivity index (χ1) is 13.6. The van der Waals surface area contributed by atoms with Crippen LogP contribution in [0.15, 0.2) is 54.6 Å². The molecule has 1 amide bonds. The molecular formula is C22H14ClNO4. The Hall–Kier alpha value is -3.31. The maximum absolute atomic E-state index is 12.8. The summed E-state index contributed by atoms with van der Waals surface area (Å²) in [7, 11) is 0. The van der Waals surface area contributed by atoms with Crippen molar-refractivity contribution in [2.24, 2.45) is 0 Å². The maximum Gasteiger partial charge on any atom is 0.255 e. The lowest BCUT2D eigenvalue weighted by molar-refractivity contribution is 0.102. The monoisotopic (exact) mass is 391 g/mol. The Labute approximate surface area is 165 Å². The summed E-state index contributed by atoms with van der Waals surface area (Å²) in [5.74, 6) is 0.656. The summed E-state index contributed by atoms with van der Waals surface area (Å²) >= 11 is 6.27. The van der Waals surface area contributed by atoms with Gasteiger partial charge in [-0.3, -0.25) is 9.59 Å². The van der Waals surface area contributed by atoms with Crippen LogP contribution >= 0.6 is 11.6 Å². The molecule has 5 rings (SSSR count). The molecule has 1 aliphatic carbocycles. The van der Waals surface area contributed by atoms with E-state index in [0.29, 0.717) is 52.1 Å². The van der Waals surface area contributed by atoms with Crippen molar-refractivity contribution in [3.8, 4) is 22.6 Å². The van der Waals surface area contributed by atoms with Crippen LogP contribution in [0.25, 0.3) is 11.1 Å². The molecule has 5 nitrogen and oxygen atoms in total. The molecule has 0 saturated carbocycles. The van der Waals surface area contributed by atoms with Crippen LogP contribution in [0.3, 0.4) is 0 Å². The Morgan fingerprint density at radius 1 is 0.857 bits per heavy atom. The Morgan fingerprint density at radius 3 is 2.32 bits per heavy atom. The number of nitrogens with one attached hydrogen (secondary N) is 1. The molecule has 138 valence electrons. The van der Waals surface area contributed by atoms with Gasteiger partial charge in [-0.15, -0.1) is 0 Å². The fourth-order valence-electron chi connectivity index (χ4n) is 3.52. The number of anilines is 1. The van der Waals surface area contributed by atoms with Crippen molar-refractivity contribution in [1.29, 1.82) is 0 Å². The standard InChI is InChI=1S/C22H14ClNO4/c23-17-10-19-20(28-8-7-27-19)11-18(17)24-22(26)12-5-6-14-13-3-1-2-4-15(13)21(25)16(14)9-12/h1-6,9-11H,7-8H2,(H,24,26). The zero-order valence-corrected chi connectivity index (χ0v) is 15.4. The number of fused-ring (bicyclic) bond motifs is 4. The first-order valence-corrected chi connectivity index (χ1v) is 9.18. The number of halogens is 1. The summed E-state index contributed by atoms with van der Waals surface area (Å²) in [5, 5.41) is 3.14. The van der Waals surface area contributed by atoms with Crippen molar-refractivity contribution < 1.29 is 19.1 Å². The number of benzene rings is 3. The molecule has 0 saturated heterocycles. The van der Waals surface area contributed by atoms with Gasteiger partial charge in [0.1, 0.15) is 13.2 Å². The molecule has 0 spiro atoms. The van der Waals surface area contributed by atoms with Crippen LogP contribution < -0.4 is 14.8 Å². The van der Waals surface area contributed by atoms with E-state index in [2.05, 4.69) is 5.32 Å². The van der Waals surface area contributed by atoms with Gasteiger partial charge in [0.15, 0.2) is 17.3 Å². The number of rotatable bonds is 2. The SMILES string of the molecule is O=C(Nc1cc2c(cc1Cl)OCCO2)c1ccc2c(c1)C(=O)c1ccccc1-2. The average molecular weight is 392 g/mol. The molecule has 6 heteroatoms. The highest BCUT2D eigenvalue weighted by Crippen LogP contribution is 2.39. The molecule has 2 aliphatic rings. The summed E-state index contributed by atoms with van der Waals surface area (Å²) in [5.41, 5.74) is 3.72. The lowest BCUT2D eigenvalue weighted by Gasteiger charge is -2.20. The minimum absolute atomic E-state index is 0.0717. The second kappa shape index (κ2) is 6.39. The van der Waals surface area contributed by atoms with Gasteiger partial charge < -0.3 is 14.8 Å². The third kappa shape index (κ3) is 2.63. The van der Waals surface area contributed by atoms with Crippen LogP contribution in [-0.2, 0) is 0 Å². The van der Waals surface area contributed by atoms with Gasteiger partial charge in [-0.05, 0) is 23.3 Å². The molecule has 28 heavy (non-hydrogen) atoms. The molecule has 3 aromatic rings. The molecule has 0 atom stereocenters. The number of hydrogen-bond donors (Lipinski definition) is 1. The predicted octanol–water partition coefficient (Wildman–Crippen LogP) is 4.57. The number of ether oxygens (including phenoxy) is 2. The van der Waals surface area contributed by atoms with Gasteiger partial charge in [0.05, 0.1) is 10.7 Å². The van der Waals surface area contributed by atoms with E-state index >= 15 is 0 Å². The largest absolute Gasteiger partial charge is 0.486 e. The summed E-state index contributed by atoms with van der Waals surface area (Å²) < 4.78 is 11.0. The lowest BCUT2D eigenvalue weighted by Crippen LogP contribution is -2.17. The first kappa shape index (κ1) is 16.8. The van der Waals surface area contributed by atoms with E-state index in [1.807, 2.05) is 18.2 Å². The number of carbonyl (C=O) groups is 2. The van der Waals surface area contributed by atoms with E-state index in [-0.39, 0.29) is 11.7 Å². The number of amides is 1. The minimum atomic E-state index is -0.356. The fraction of sp³-hybridized carbons (Fsp3) is 0.0909. The molecule has 1 N–H and O–H groups in total. The van der Waals surface area contributed by atoms with Crippen molar-refractivity contribution in [1.82, 2.24) is 0 Å². The van der Waals surface area contributed by atoms with Crippen LogP contribution in [0.1, 0.15) is 26.3 Å². The zero-order valence-electron chi connectivity index (χ0n) is 14.6. The molecule has 1 heterocycles.